The molecule has 0 aliphatic carbocycles. The smallest absolute Gasteiger partial charge is 0.252 e. The lowest BCUT2D eigenvalue weighted by atomic mass is 9.83. The maximum atomic E-state index is 14.0. The van der Waals surface area contributed by atoms with Crippen molar-refractivity contribution in [2.75, 3.05) is 13.2 Å². The van der Waals surface area contributed by atoms with E-state index in [1.165, 1.54) is 12.1 Å². The predicted octanol–water partition coefficient (Wildman–Crippen LogP) is 6.55. The van der Waals surface area contributed by atoms with Crippen LogP contribution in [0.15, 0.2) is 60.7 Å². The number of hydrogen-bond donors (Lipinski definition) is 1. The first-order valence-corrected chi connectivity index (χ1v) is 12.7. The molecule has 0 saturated carbocycles. The summed E-state index contributed by atoms with van der Waals surface area (Å²) in [4.78, 5) is 13.6. The summed E-state index contributed by atoms with van der Waals surface area (Å²) in [5, 5.41) is 3.29. The second-order valence-electron chi connectivity index (χ2n) is 9.58. The van der Waals surface area contributed by atoms with E-state index >= 15 is 0 Å². The summed E-state index contributed by atoms with van der Waals surface area (Å²) in [7, 11) is 0. The van der Waals surface area contributed by atoms with Crippen molar-refractivity contribution >= 4 is 5.91 Å². The van der Waals surface area contributed by atoms with Gasteiger partial charge in [-0.3, -0.25) is 4.79 Å². The Labute approximate surface area is 215 Å². The normalized spacial score (nSPS) is 14.8. The van der Waals surface area contributed by atoms with Crippen LogP contribution in [0.4, 0.5) is 13.2 Å². The number of halogens is 3. The van der Waals surface area contributed by atoms with Crippen LogP contribution in [0.25, 0.3) is 0 Å². The van der Waals surface area contributed by atoms with Crippen LogP contribution in [0.5, 0.6) is 5.75 Å². The van der Waals surface area contributed by atoms with Crippen molar-refractivity contribution < 1.29 is 27.4 Å². The fourth-order valence-electron chi connectivity index (χ4n) is 4.74. The van der Waals surface area contributed by atoms with Gasteiger partial charge in [-0.15, -0.1) is 0 Å². The lowest BCUT2D eigenvalue weighted by molar-refractivity contribution is 0.0328. The Balaban J connectivity index is 1.52. The maximum absolute atomic E-state index is 14.0. The van der Waals surface area contributed by atoms with Gasteiger partial charge in [-0.2, -0.15) is 0 Å². The van der Waals surface area contributed by atoms with Crippen molar-refractivity contribution in [2.24, 2.45) is 0 Å². The minimum atomic E-state index is -0.651. The van der Waals surface area contributed by atoms with Crippen molar-refractivity contribution in [1.29, 1.82) is 0 Å². The number of nitrogens with one attached hydrogen (secondary N) is 1. The third kappa shape index (κ3) is 7.13. The molecule has 196 valence electrons. The van der Waals surface area contributed by atoms with E-state index in [1.807, 2.05) is 25.1 Å². The van der Waals surface area contributed by atoms with E-state index in [1.54, 1.807) is 12.1 Å². The molecule has 1 saturated heterocycles. The lowest BCUT2D eigenvalue weighted by Crippen LogP contribution is -2.52. The first-order valence-electron chi connectivity index (χ1n) is 12.7. The number of benzene rings is 3. The molecule has 0 atom stereocenters. The summed E-state index contributed by atoms with van der Waals surface area (Å²) in [6.07, 6.45) is 4.21. The van der Waals surface area contributed by atoms with E-state index in [0.717, 1.165) is 42.2 Å². The molecule has 7 heteroatoms. The quantitative estimate of drug-likeness (QED) is 0.336. The van der Waals surface area contributed by atoms with Gasteiger partial charge in [-0.25, -0.2) is 13.2 Å². The number of aryl methyl sites for hydroxylation is 2. The van der Waals surface area contributed by atoms with Gasteiger partial charge in [0.1, 0.15) is 18.2 Å². The van der Waals surface area contributed by atoms with Crippen molar-refractivity contribution in [1.82, 2.24) is 5.32 Å². The average molecular weight is 512 g/mol. The van der Waals surface area contributed by atoms with Gasteiger partial charge in [0.05, 0.1) is 0 Å². The number of carbonyl (C=O) groups excluding carboxylic acids is 1. The number of ether oxygens (including phenoxy) is 2. The third-order valence-corrected chi connectivity index (χ3v) is 6.84. The zero-order valence-electron chi connectivity index (χ0n) is 21.0. The highest BCUT2D eigenvalue weighted by atomic mass is 19.1. The lowest BCUT2D eigenvalue weighted by Gasteiger charge is -2.38. The second kappa shape index (κ2) is 12.3. The molecule has 1 aliphatic heterocycles. The minimum absolute atomic E-state index is 0.00832. The Morgan fingerprint density at radius 3 is 2.49 bits per heavy atom. The third-order valence-electron chi connectivity index (χ3n) is 6.84. The molecule has 1 N–H and O–H groups in total. The summed E-state index contributed by atoms with van der Waals surface area (Å²) in [6, 6.07) is 15.1. The van der Waals surface area contributed by atoms with Gasteiger partial charge in [0.15, 0.2) is 11.6 Å². The highest BCUT2D eigenvalue weighted by Gasteiger charge is 2.34. The summed E-state index contributed by atoms with van der Waals surface area (Å²) in [5.41, 5.74) is 2.54. The summed E-state index contributed by atoms with van der Waals surface area (Å²) in [5.74, 6) is -1.88. The molecule has 0 spiro atoms. The van der Waals surface area contributed by atoms with E-state index in [9.17, 15) is 18.0 Å². The summed E-state index contributed by atoms with van der Waals surface area (Å²) < 4.78 is 52.3. The van der Waals surface area contributed by atoms with Gasteiger partial charge >= 0.3 is 0 Å². The number of carbonyl (C=O) groups is 1. The molecule has 0 bridgehead atoms. The molecular formula is C30H32F3NO3. The molecule has 0 unspecified atom stereocenters. The molecule has 37 heavy (non-hydrogen) atoms. The average Bonchev–Trinajstić information content (AvgIpc) is 2.89. The first-order chi connectivity index (χ1) is 17.9. The molecule has 4 nitrogen and oxygen atoms in total. The standard InChI is InChI=1S/C30H32F3NO3/c1-2-4-23-8-7-22(20-37-28-19-25(32)9-10-27(28)33)18-26(23)29(35)34-30(13-15-36-16-14-30)12-11-21-5-3-6-24(31)17-21/h3,5-10,17-19H,2,4,11-16,20H2,1H3,(H,34,35). The second-order valence-corrected chi connectivity index (χ2v) is 9.58. The van der Waals surface area contributed by atoms with Gasteiger partial charge in [-0.1, -0.05) is 37.6 Å². The number of rotatable bonds is 10. The molecule has 3 aromatic carbocycles. The van der Waals surface area contributed by atoms with Crippen LogP contribution in [0, 0.1) is 17.5 Å². The van der Waals surface area contributed by atoms with Crippen LogP contribution >= 0.6 is 0 Å². The Hall–Kier alpha value is -3.32. The van der Waals surface area contributed by atoms with E-state index in [4.69, 9.17) is 9.47 Å². The van der Waals surface area contributed by atoms with Gasteiger partial charge in [-0.05, 0) is 79.1 Å². The molecule has 3 aromatic rings. The first kappa shape index (κ1) is 26.7. The topological polar surface area (TPSA) is 47.6 Å². The molecule has 4 rings (SSSR count). The number of hydrogen-bond acceptors (Lipinski definition) is 3. The van der Waals surface area contributed by atoms with Crippen LogP contribution < -0.4 is 10.1 Å². The molecule has 1 aliphatic rings. The zero-order valence-corrected chi connectivity index (χ0v) is 21.0. The summed E-state index contributed by atoms with van der Waals surface area (Å²) >= 11 is 0. The minimum Gasteiger partial charge on any atom is -0.486 e. The van der Waals surface area contributed by atoms with E-state index in [-0.39, 0.29) is 24.1 Å². The van der Waals surface area contributed by atoms with Gasteiger partial charge in [0.2, 0.25) is 0 Å². The van der Waals surface area contributed by atoms with Crippen LogP contribution in [-0.4, -0.2) is 24.7 Å². The van der Waals surface area contributed by atoms with Gasteiger partial charge < -0.3 is 14.8 Å². The highest BCUT2D eigenvalue weighted by Crippen LogP contribution is 2.28. The Bertz CT molecular complexity index is 1220. The SMILES string of the molecule is CCCc1ccc(COc2cc(F)ccc2F)cc1C(=O)NC1(CCc2cccc(F)c2)CCOCC1. The molecule has 1 amide bonds. The van der Waals surface area contributed by atoms with Crippen molar-refractivity contribution in [3.05, 3.63) is 100 Å². The predicted molar refractivity (Wildman–Crippen MR) is 136 cm³/mol. The molecule has 0 aromatic heterocycles. The van der Waals surface area contributed by atoms with E-state index in [0.29, 0.717) is 50.0 Å². The van der Waals surface area contributed by atoms with E-state index in [2.05, 4.69) is 5.32 Å². The Morgan fingerprint density at radius 2 is 1.73 bits per heavy atom. The maximum Gasteiger partial charge on any atom is 0.252 e. The fraction of sp³-hybridized carbons (Fsp3) is 0.367. The molecule has 1 fully saturated rings. The monoisotopic (exact) mass is 511 g/mol. The van der Waals surface area contributed by atoms with Crippen LogP contribution in [-0.2, 0) is 24.2 Å². The van der Waals surface area contributed by atoms with Crippen LogP contribution in [0.2, 0.25) is 0 Å². The van der Waals surface area contributed by atoms with Crippen molar-refractivity contribution in [3.8, 4) is 5.75 Å². The van der Waals surface area contributed by atoms with Crippen LogP contribution in [0.1, 0.15) is 59.7 Å². The largest absolute Gasteiger partial charge is 0.486 e. The molecule has 0 radical (unpaired) electrons. The molecular weight excluding hydrogens is 479 g/mol. The van der Waals surface area contributed by atoms with Gasteiger partial charge in [0, 0.05) is 30.4 Å². The van der Waals surface area contributed by atoms with Gasteiger partial charge in [0.25, 0.3) is 5.91 Å². The highest BCUT2D eigenvalue weighted by molar-refractivity contribution is 5.96. The summed E-state index contributed by atoms with van der Waals surface area (Å²) in [6.45, 7) is 3.12. The zero-order chi connectivity index (χ0) is 26.3. The Kier molecular flexibility index (Phi) is 8.87. The fourth-order valence-corrected chi connectivity index (χ4v) is 4.74. The Morgan fingerprint density at radius 1 is 0.946 bits per heavy atom. The number of amides is 1. The molecule has 1 heterocycles. The van der Waals surface area contributed by atoms with E-state index < -0.39 is 17.2 Å². The van der Waals surface area contributed by atoms with Crippen molar-refractivity contribution in [3.63, 3.8) is 0 Å². The van der Waals surface area contributed by atoms with Crippen molar-refractivity contribution in [2.45, 2.75) is 57.6 Å². The van der Waals surface area contributed by atoms with Crippen LogP contribution in [0.3, 0.4) is 0 Å².